The van der Waals surface area contributed by atoms with Gasteiger partial charge < -0.3 is 9.30 Å². The molecule has 0 atom stereocenters. The molecule has 0 unspecified atom stereocenters. The van der Waals surface area contributed by atoms with Crippen LogP contribution in [0, 0.1) is 0 Å². The molecule has 152 valence electrons. The summed E-state index contributed by atoms with van der Waals surface area (Å²) in [6, 6.07) is 14.0. The lowest BCUT2D eigenvalue weighted by atomic mass is 10.1. The van der Waals surface area contributed by atoms with E-state index < -0.39 is 0 Å². The predicted octanol–water partition coefficient (Wildman–Crippen LogP) is 4.49. The number of aromatic nitrogens is 2. The number of hydrogen-bond acceptors (Lipinski definition) is 3. The average molecular weight is 411 g/mol. The van der Waals surface area contributed by atoms with E-state index in [0.29, 0.717) is 12.3 Å². The zero-order valence-corrected chi connectivity index (χ0v) is 17.6. The van der Waals surface area contributed by atoms with Crippen LogP contribution in [-0.2, 0) is 11.3 Å². The fourth-order valence-electron chi connectivity index (χ4n) is 3.89. The van der Waals surface area contributed by atoms with Crippen LogP contribution in [0.3, 0.4) is 0 Å². The maximum atomic E-state index is 12.3. The van der Waals surface area contributed by atoms with Gasteiger partial charge in [-0.1, -0.05) is 43.1 Å². The summed E-state index contributed by atoms with van der Waals surface area (Å²) in [5, 5.41) is 0.725. The molecule has 0 saturated carbocycles. The largest absolute Gasteiger partial charge is 0.340 e. The number of unbranched alkanes of at least 4 members (excludes halogenated alkanes) is 1. The summed E-state index contributed by atoms with van der Waals surface area (Å²) in [6.07, 6.45) is 4.78. The average Bonchev–Trinajstić information content (AvgIpc) is 3.11. The minimum absolute atomic E-state index is 0.295. The number of amides is 1. The number of carbonyl (C=O) groups is 1. The second-order valence-electron chi connectivity index (χ2n) is 7.60. The number of imidazole rings is 1. The Morgan fingerprint density at radius 3 is 2.55 bits per heavy atom. The van der Waals surface area contributed by atoms with E-state index in [1.165, 1.54) is 5.69 Å². The van der Waals surface area contributed by atoms with Crippen molar-refractivity contribution in [2.24, 2.45) is 0 Å². The lowest BCUT2D eigenvalue weighted by Gasteiger charge is -2.34. The van der Waals surface area contributed by atoms with Crippen LogP contribution in [-0.4, -0.2) is 51.3 Å². The van der Waals surface area contributed by atoms with Gasteiger partial charge in [0.05, 0.1) is 11.4 Å². The highest BCUT2D eigenvalue weighted by Gasteiger charge is 2.23. The van der Waals surface area contributed by atoms with E-state index in [2.05, 4.69) is 22.4 Å². The van der Waals surface area contributed by atoms with Gasteiger partial charge in [-0.2, -0.15) is 0 Å². The van der Waals surface area contributed by atoms with Crippen LogP contribution in [0.1, 0.15) is 31.9 Å². The van der Waals surface area contributed by atoms with Gasteiger partial charge in [0.2, 0.25) is 5.91 Å². The standard InChI is InChI=1S/C23H27ClN4O/c1-2-3-7-22(29)27-15-13-26(14-16-27)17-20-23(18-8-10-19(24)11-9-18)25-21-6-4-5-12-28(20)21/h4-6,8-12H,2-3,7,13-17H2,1H3. The van der Waals surface area contributed by atoms with Crippen LogP contribution in [0.25, 0.3) is 16.9 Å². The van der Waals surface area contributed by atoms with E-state index in [1.807, 2.05) is 47.4 Å². The SMILES string of the molecule is CCCCC(=O)N1CCN(Cc2c(-c3ccc(Cl)cc3)nc3ccccn23)CC1. The molecule has 0 spiro atoms. The first-order valence-corrected chi connectivity index (χ1v) is 10.8. The molecular formula is C23H27ClN4O. The monoisotopic (exact) mass is 410 g/mol. The van der Waals surface area contributed by atoms with Crippen molar-refractivity contribution in [1.29, 1.82) is 0 Å². The molecule has 0 N–H and O–H groups in total. The molecule has 0 radical (unpaired) electrons. The fraction of sp³-hybridized carbons (Fsp3) is 0.391. The van der Waals surface area contributed by atoms with Gasteiger partial charge in [-0.05, 0) is 30.7 Å². The minimum atomic E-state index is 0.295. The quantitative estimate of drug-likeness (QED) is 0.601. The minimum Gasteiger partial charge on any atom is -0.340 e. The molecule has 0 bridgehead atoms. The van der Waals surface area contributed by atoms with E-state index in [-0.39, 0.29) is 0 Å². The van der Waals surface area contributed by atoms with Crippen molar-refractivity contribution in [3.05, 3.63) is 59.4 Å². The summed E-state index contributed by atoms with van der Waals surface area (Å²) in [5.41, 5.74) is 4.19. The fourth-order valence-corrected chi connectivity index (χ4v) is 4.02. The predicted molar refractivity (Wildman–Crippen MR) is 117 cm³/mol. The van der Waals surface area contributed by atoms with Crippen LogP contribution < -0.4 is 0 Å². The van der Waals surface area contributed by atoms with Gasteiger partial charge >= 0.3 is 0 Å². The lowest BCUT2D eigenvalue weighted by Crippen LogP contribution is -2.48. The summed E-state index contributed by atoms with van der Waals surface area (Å²) >= 11 is 6.08. The molecule has 6 heteroatoms. The normalized spacial score (nSPS) is 15.2. The molecule has 2 aromatic heterocycles. The van der Waals surface area contributed by atoms with Gasteiger partial charge in [-0.25, -0.2) is 4.98 Å². The Morgan fingerprint density at radius 2 is 1.83 bits per heavy atom. The van der Waals surface area contributed by atoms with Crippen molar-refractivity contribution < 1.29 is 4.79 Å². The second kappa shape index (κ2) is 8.97. The first-order valence-electron chi connectivity index (χ1n) is 10.4. The van der Waals surface area contributed by atoms with Crippen molar-refractivity contribution in [2.45, 2.75) is 32.7 Å². The van der Waals surface area contributed by atoms with Gasteiger partial charge in [0.25, 0.3) is 0 Å². The highest BCUT2D eigenvalue weighted by molar-refractivity contribution is 6.30. The maximum Gasteiger partial charge on any atom is 0.222 e. The zero-order chi connectivity index (χ0) is 20.2. The van der Waals surface area contributed by atoms with Crippen LogP contribution >= 0.6 is 11.6 Å². The molecule has 1 fully saturated rings. The number of carbonyl (C=O) groups excluding carboxylic acids is 1. The molecule has 5 nitrogen and oxygen atoms in total. The molecule has 1 amide bonds. The van der Waals surface area contributed by atoms with Gasteiger partial charge in [-0.3, -0.25) is 9.69 Å². The van der Waals surface area contributed by atoms with E-state index in [9.17, 15) is 4.79 Å². The van der Waals surface area contributed by atoms with E-state index in [0.717, 1.165) is 67.5 Å². The summed E-state index contributed by atoms with van der Waals surface area (Å²) in [5.74, 6) is 0.295. The summed E-state index contributed by atoms with van der Waals surface area (Å²) in [6.45, 7) is 6.31. The number of halogens is 1. The first kappa shape index (κ1) is 19.9. The molecule has 3 aromatic rings. The molecular weight excluding hydrogens is 384 g/mol. The Kier molecular flexibility index (Phi) is 6.16. The van der Waals surface area contributed by atoms with Crippen molar-refractivity contribution in [3.63, 3.8) is 0 Å². The Bertz CT molecular complexity index is 974. The smallest absolute Gasteiger partial charge is 0.222 e. The van der Waals surface area contributed by atoms with Crippen molar-refractivity contribution >= 4 is 23.2 Å². The molecule has 0 aliphatic carbocycles. The first-order chi connectivity index (χ1) is 14.2. The number of fused-ring (bicyclic) bond motifs is 1. The number of piperazine rings is 1. The molecule has 1 aliphatic rings. The maximum absolute atomic E-state index is 12.3. The second-order valence-corrected chi connectivity index (χ2v) is 8.04. The molecule has 3 heterocycles. The third kappa shape index (κ3) is 4.46. The van der Waals surface area contributed by atoms with Gasteiger partial charge in [0, 0.05) is 55.9 Å². The summed E-state index contributed by atoms with van der Waals surface area (Å²) < 4.78 is 2.17. The Labute approximate surface area is 176 Å². The zero-order valence-electron chi connectivity index (χ0n) is 16.9. The third-order valence-electron chi connectivity index (χ3n) is 5.59. The molecule has 1 aromatic carbocycles. The highest BCUT2D eigenvalue weighted by atomic mass is 35.5. The van der Waals surface area contributed by atoms with Gasteiger partial charge in [0.15, 0.2) is 0 Å². The number of benzene rings is 1. The number of pyridine rings is 1. The molecule has 29 heavy (non-hydrogen) atoms. The lowest BCUT2D eigenvalue weighted by molar-refractivity contribution is -0.133. The number of rotatable bonds is 6. The molecule has 1 aliphatic heterocycles. The molecule has 1 saturated heterocycles. The van der Waals surface area contributed by atoms with E-state index in [4.69, 9.17) is 16.6 Å². The summed E-state index contributed by atoms with van der Waals surface area (Å²) in [7, 11) is 0. The Balaban J connectivity index is 1.53. The van der Waals surface area contributed by atoms with Gasteiger partial charge in [-0.15, -0.1) is 0 Å². The highest BCUT2D eigenvalue weighted by Crippen LogP contribution is 2.27. The summed E-state index contributed by atoms with van der Waals surface area (Å²) in [4.78, 5) is 21.6. The van der Waals surface area contributed by atoms with Crippen molar-refractivity contribution in [1.82, 2.24) is 19.2 Å². The Hall–Kier alpha value is -2.37. The van der Waals surface area contributed by atoms with Gasteiger partial charge in [0.1, 0.15) is 5.65 Å². The van der Waals surface area contributed by atoms with Crippen LogP contribution in [0.15, 0.2) is 48.7 Å². The number of hydrogen-bond donors (Lipinski definition) is 0. The van der Waals surface area contributed by atoms with Crippen molar-refractivity contribution in [2.75, 3.05) is 26.2 Å². The van der Waals surface area contributed by atoms with Crippen molar-refractivity contribution in [3.8, 4) is 11.3 Å². The van der Waals surface area contributed by atoms with E-state index in [1.54, 1.807) is 0 Å². The van der Waals surface area contributed by atoms with Crippen LogP contribution in [0.2, 0.25) is 5.02 Å². The molecule has 4 rings (SSSR count). The third-order valence-corrected chi connectivity index (χ3v) is 5.84. The van der Waals surface area contributed by atoms with E-state index >= 15 is 0 Å². The number of nitrogens with zero attached hydrogens (tertiary/aromatic N) is 4. The topological polar surface area (TPSA) is 40.9 Å². The Morgan fingerprint density at radius 1 is 1.07 bits per heavy atom. The van der Waals surface area contributed by atoms with Crippen LogP contribution in [0.4, 0.5) is 0 Å². The van der Waals surface area contributed by atoms with Crippen LogP contribution in [0.5, 0.6) is 0 Å².